The van der Waals surface area contributed by atoms with Gasteiger partial charge in [-0.2, -0.15) is 0 Å². The fourth-order valence-corrected chi connectivity index (χ4v) is 3.43. The number of esters is 1. The first-order valence-corrected chi connectivity index (χ1v) is 9.13. The van der Waals surface area contributed by atoms with E-state index in [0.29, 0.717) is 17.2 Å². The highest BCUT2D eigenvalue weighted by Gasteiger charge is 2.15. The van der Waals surface area contributed by atoms with Crippen molar-refractivity contribution >= 4 is 17.6 Å². The van der Waals surface area contributed by atoms with E-state index in [4.69, 9.17) is 14.2 Å². The van der Waals surface area contributed by atoms with Gasteiger partial charge in [0.05, 0.1) is 6.42 Å². The number of fused-ring (bicyclic) bond motifs is 2. The molecule has 1 N–H and O–H groups in total. The fraction of sp³-hybridized carbons (Fsp3) is 0.333. The highest BCUT2D eigenvalue weighted by atomic mass is 16.7. The maximum Gasteiger partial charge on any atom is 0.310 e. The van der Waals surface area contributed by atoms with E-state index in [-0.39, 0.29) is 19.8 Å². The average molecular weight is 367 g/mol. The van der Waals surface area contributed by atoms with Gasteiger partial charge < -0.3 is 19.5 Å². The quantitative estimate of drug-likeness (QED) is 0.823. The summed E-state index contributed by atoms with van der Waals surface area (Å²) in [6.07, 6.45) is 4.77. The van der Waals surface area contributed by atoms with Crippen molar-refractivity contribution in [3.8, 4) is 11.5 Å². The molecular weight excluding hydrogens is 346 g/mol. The number of aryl methyl sites for hydroxylation is 2. The molecular formula is C21H21NO5. The number of anilines is 1. The summed E-state index contributed by atoms with van der Waals surface area (Å²) in [5, 5.41) is 2.68. The molecule has 1 amide bonds. The molecule has 0 aromatic heterocycles. The molecule has 1 heterocycles. The Hall–Kier alpha value is -3.02. The lowest BCUT2D eigenvalue weighted by Crippen LogP contribution is -2.21. The number of rotatable bonds is 5. The van der Waals surface area contributed by atoms with E-state index in [1.165, 1.54) is 24.0 Å². The van der Waals surface area contributed by atoms with E-state index in [1.807, 2.05) is 6.07 Å². The molecule has 0 unspecified atom stereocenters. The third kappa shape index (κ3) is 4.22. The number of ether oxygens (including phenoxy) is 3. The minimum absolute atomic E-state index is 0.171. The number of hydrogen-bond donors (Lipinski definition) is 1. The number of nitrogens with one attached hydrogen (secondary N) is 1. The Kier molecular flexibility index (Phi) is 4.96. The molecule has 0 fully saturated rings. The standard InChI is InChI=1S/C21H21NO5/c23-20(22-17-7-8-18-19(11-17)27-13-26-18)12-25-21(24)10-14-5-6-15-3-1-2-4-16(15)9-14/h5-9,11H,1-4,10,12-13H2,(H,22,23). The van der Waals surface area contributed by atoms with E-state index in [2.05, 4.69) is 17.4 Å². The normalized spacial score (nSPS) is 14.4. The summed E-state index contributed by atoms with van der Waals surface area (Å²) < 4.78 is 15.6. The second-order valence-corrected chi connectivity index (χ2v) is 6.76. The van der Waals surface area contributed by atoms with E-state index >= 15 is 0 Å². The molecule has 140 valence electrons. The van der Waals surface area contributed by atoms with Gasteiger partial charge in [0.1, 0.15) is 0 Å². The van der Waals surface area contributed by atoms with Crippen molar-refractivity contribution < 1.29 is 23.8 Å². The van der Waals surface area contributed by atoms with Gasteiger partial charge in [-0.15, -0.1) is 0 Å². The van der Waals surface area contributed by atoms with Crippen molar-refractivity contribution in [2.45, 2.75) is 32.1 Å². The number of hydrogen-bond acceptors (Lipinski definition) is 5. The van der Waals surface area contributed by atoms with Crippen molar-refractivity contribution in [3.05, 3.63) is 53.1 Å². The number of carbonyl (C=O) groups excluding carboxylic acids is 2. The van der Waals surface area contributed by atoms with Gasteiger partial charge in [0.15, 0.2) is 18.1 Å². The largest absolute Gasteiger partial charge is 0.455 e. The Morgan fingerprint density at radius 2 is 1.78 bits per heavy atom. The van der Waals surface area contributed by atoms with Crippen molar-refractivity contribution in [3.63, 3.8) is 0 Å². The van der Waals surface area contributed by atoms with Gasteiger partial charge in [0, 0.05) is 11.8 Å². The van der Waals surface area contributed by atoms with Gasteiger partial charge in [-0.1, -0.05) is 18.2 Å². The predicted molar refractivity (Wildman–Crippen MR) is 98.9 cm³/mol. The van der Waals surface area contributed by atoms with Gasteiger partial charge in [-0.05, 0) is 54.5 Å². The van der Waals surface area contributed by atoms with Crippen LogP contribution in [0.1, 0.15) is 29.5 Å². The Labute approximate surface area is 157 Å². The molecule has 0 saturated carbocycles. The van der Waals surface area contributed by atoms with E-state index in [9.17, 15) is 9.59 Å². The van der Waals surface area contributed by atoms with Crippen LogP contribution in [-0.4, -0.2) is 25.3 Å². The van der Waals surface area contributed by atoms with Crippen LogP contribution in [-0.2, 0) is 33.6 Å². The molecule has 6 heteroatoms. The van der Waals surface area contributed by atoms with Crippen LogP contribution in [0.2, 0.25) is 0 Å². The molecule has 0 spiro atoms. The summed E-state index contributed by atoms with van der Waals surface area (Å²) in [4.78, 5) is 24.1. The van der Waals surface area contributed by atoms with Crippen LogP contribution in [0.5, 0.6) is 11.5 Å². The van der Waals surface area contributed by atoms with Crippen LogP contribution in [0.3, 0.4) is 0 Å². The van der Waals surface area contributed by atoms with Crippen LogP contribution in [0.4, 0.5) is 5.69 Å². The maximum absolute atomic E-state index is 12.1. The predicted octanol–water partition coefficient (Wildman–Crippen LogP) is 3.02. The second-order valence-electron chi connectivity index (χ2n) is 6.76. The molecule has 0 saturated heterocycles. The van der Waals surface area contributed by atoms with E-state index in [0.717, 1.165) is 18.4 Å². The number of carbonyl (C=O) groups is 2. The molecule has 1 aliphatic carbocycles. The molecule has 27 heavy (non-hydrogen) atoms. The van der Waals surface area contributed by atoms with E-state index in [1.54, 1.807) is 18.2 Å². The lowest BCUT2D eigenvalue weighted by molar-refractivity contribution is -0.146. The highest BCUT2D eigenvalue weighted by Crippen LogP contribution is 2.34. The molecule has 1 aliphatic heterocycles. The zero-order valence-corrected chi connectivity index (χ0v) is 15.0. The van der Waals surface area contributed by atoms with Crippen LogP contribution in [0.15, 0.2) is 36.4 Å². The van der Waals surface area contributed by atoms with Gasteiger partial charge in [-0.25, -0.2) is 0 Å². The number of amides is 1. The van der Waals surface area contributed by atoms with Crippen molar-refractivity contribution in [1.29, 1.82) is 0 Å². The summed E-state index contributed by atoms with van der Waals surface area (Å²) >= 11 is 0. The Morgan fingerprint density at radius 1 is 0.963 bits per heavy atom. The summed E-state index contributed by atoms with van der Waals surface area (Å²) in [7, 11) is 0. The van der Waals surface area contributed by atoms with Crippen LogP contribution >= 0.6 is 0 Å². The summed E-state index contributed by atoms with van der Waals surface area (Å²) in [5.41, 5.74) is 4.19. The molecule has 6 nitrogen and oxygen atoms in total. The minimum Gasteiger partial charge on any atom is -0.455 e. The second kappa shape index (κ2) is 7.70. The van der Waals surface area contributed by atoms with Crippen molar-refractivity contribution in [2.75, 3.05) is 18.7 Å². The van der Waals surface area contributed by atoms with Crippen molar-refractivity contribution in [1.82, 2.24) is 0 Å². The Morgan fingerprint density at radius 3 is 2.67 bits per heavy atom. The smallest absolute Gasteiger partial charge is 0.310 e. The minimum atomic E-state index is -0.411. The summed E-state index contributed by atoms with van der Waals surface area (Å²) in [6.45, 7) is -0.148. The highest BCUT2D eigenvalue weighted by molar-refractivity contribution is 5.93. The first-order valence-electron chi connectivity index (χ1n) is 9.13. The molecule has 0 bridgehead atoms. The lowest BCUT2D eigenvalue weighted by atomic mass is 9.90. The van der Waals surface area contributed by atoms with Gasteiger partial charge >= 0.3 is 5.97 Å². The van der Waals surface area contributed by atoms with Crippen molar-refractivity contribution in [2.24, 2.45) is 0 Å². The van der Waals surface area contributed by atoms with Crippen LogP contribution in [0.25, 0.3) is 0 Å². The molecule has 2 aromatic carbocycles. The van der Waals surface area contributed by atoms with Crippen LogP contribution in [0, 0.1) is 0 Å². The summed E-state index contributed by atoms with van der Waals surface area (Å²) in [5.74, 6) is 0.418. The molecule has 0 atom stereocenters. The average Bonchev–Trinajstić information content (AvgIpc) is 3.14. The maximum atomic E-state index is 12.1. The van der Waals surface area contributed by atoms with Crippen LogP contribution < -0.4 is 14.8 Å². The third-order valence-electron chi connectivity index (χ3n) is 4.78. The van der Waals surface area contributed by atoms with Gasteiger partial charge in [0.2, 0.25) is 6.79 Å². The topological polar surface area (TPSA) is 73.9 Å². The zero-order valence-electron chi connectivity index (χ0n) is 15.0. The number of benzene rings is 2. The zero-order chi connectivity index (χ0) is 18.6. The van der Waals surface area contributed by atoms with Gasteiger partial charge in [0.25, 0.3) is 5.91 Å². The summed E-state index contributed by atoms with van der Waals surface area (Å²) in [6, 6.07) is 11.3. The molecule has 4 rings (SSSR count). The molecule has 2 aliphatic rings. The van der Waals surface area contributed by atoms with Gasteiger partial charge in [-0.3, -0.25) is 9.59 Å². The molecule has 0 radical (unpaired) electrons. The first-order chi connectivity index (χ1) is 13.2. The SMILES string of the molecule is O=C(COC(=O)Cc1ccc2c(c1)CCCC2)Nc1ccc2c(c1)OCO2. The fourth-order valence-electron chi connectivity index (χ4n) is 3.43. The Balaban J connectivity index is 1.27. The third-order valence-corrected chi connectivity index (χ3v) is 4.78. The lowest BCUT2D eigenvalue weighted by Gasteiger charge is -2.16. The molecule has 2 aromatic rings. The first kappa shape index (κ1) is 17.4. The van der Waals surface area contributed by atoms with E-state index < -0.39 is 11.9 Å². The monoisotopic (exact) mass is 367 g/mol. The Bertz CT molecular complexity index is 877.